The highest BCUT2D eigenvalue weighted by atomic mass is 16.5. The van der Waals surface area contributed by atoms with E-state index >= 15 is 0 Å². The van der Waals surface area contributed by atoms with Gasteiger partial charge in [-0.2, -0.15) is 0 Å². The molecule has 0 aromatic rings. The zero-order chi connectivity index (χ0) is 12.3. The molecule has 2 aliphatic rings. The third-order valence-corrected chi connectivity index (χ3v) is 2.96. The standard InChI is InChI=1S/C11H19N3O3/c1-7-10(12-4-5-17-7)11(16)13-6-9(15)14-8-2-3-8/h7-8,10,12H,2-6H2,1H3,(H,13,16)(H,14,15)/t7-,10+/m1/s1. The Bertz CT molecular complexity index is 304. The fourth-order valence-electron chi connectivity index (χ4n) is 1.81. The van der Waals surface area contributed by atoms with Gasteiger partial charge in [0, 0.05) is 12.6 Å². The van der Waals surface area contributed by atoms with Crippen LogP contribution in [0.3, 0.4) is 0 Å². The van der Waals surface area contributed by atoms with E-state index in [0.717, 1.165) is 12.8 Å². The van der Waals surface area contributed by atoms with Gasteiger partial charge in [-0.3, -0.25) is 9.59 Å². The zero-order valence-electron chi connectivity index (χ0n) is 9.99. The molecule has 1 aliphatic carbocycles. The number of nitrogens with one attached hydrogen (secondary N) is 3. The van der Waals surface area contributed by atoms with Gasteiger partial charge in [-0.15, -0.1) is 0 Å². The molecular formula is C11H19N3O3. The summed E-state index contributed by atoms with van der Waals surface area (Å²) < 4.78 is 5.37. The van der Waals surface area contributed by atoms with Crippen LogP contribution in [0.5, 0.6) is 0 Å². The molecule has 96 valence electrons. The Hall–Kier alpha value is -1.14. The molecule has 0 unspecified atom stereocenters. The summed E-state index contributed by atoms with van der Waals surface area (Å²) in [7, 11) is 0. The van der Waals surface area contributed by atoms with Crippen molar-refractivity contribution in [1.82, 2.24) is 16.0 Å². The number of rotatable bonds is 4. The molecule has 0 aromatic carbocycles. The Morgan fingerprint density at radius 2 is 2.18 bits per heavy atom. The molecule has 1 aliphatic heterocycles. The van der Waals surface area contributed by atoms with E-state index in [1.165, 1.54) is 0 Å². The Labute approximate surface area is 100 Å². The molecule has 0 bridgehead atoms. The van der Waals surface area contributed by atoms with Crippen molar-refractivity contribution in [3.8, 4) is 0 Å². The van der Waals surface area contributed by atoms with Gasteiger partial charge in [0.15, 0.2) is 0 Å². The molecule has 2 fully saturated rings. The highest BCUT2D eigenvalue weighted by Crippen LogP contribution is 2.18. The number of morpholine rings is 1. The van der Waals surface area contributed by atoms with Crippen LogP contribution in [0.4, 0.5) is 0 Å². The molecule has 0 radical (unpaired) electrons. The van der Waals surface area contributed by atoms with E-state index in [-0.39, 0.29) is 30.5 Å². The molecule has 0 aromatic heterocycles. The first-order valence-corrected chi connectivity index (χ1v) is 6.09. The van der Waals surface area contributed by atoms with Crippen molar-refractivity contribution >= 4 is 11.8 Å². The Morgan fingerprint density at radius 3 is 2.82 bits per heavy atom. The van der Waals surface area contributed by atoms with Gasteiger partial charge in [-0.05, 0) is 19.8 Å². The van der Waals surface area contributed by atoms with E-state index in [1.807, 2.05) is 6.92 Å². The number of hydrogen-bond acceptors (Lipinski definition) is 4. The van der Waals surface area contributed by atoms with Gasteiger partial charge in [-0.1, -0.05) is 0 Å². The fourth-order valence-corrected chi connectivity index (χ4v) is 1.81. The number of amides is 2. The highest BCUT2D eigenvalue weighted by molar-refractivity contribution is 5.88. The van der Waals surface area contributed by atoms with Gasteiger partial charge in [0.2, 0.25) is 11.8 Å². The van der Waals surface area contributed by atoms with E-state index in [1.54, 1.807) is 0 Å². The molecule has 3 N–H and O–H groups in total. The summed E-state index contributed by atoms with van der Waals surface area (Å²) in [4.78, 5) is 23.2. The zero-order valence-corrected chi connectivity index (χ0v) is 9.99. The van der Waals surface area contributed by atoms with Crippen LogP contribution in [0.15, 0.2) is 0 Å². The van der Waals surface area contributed by atoms with Crippen LogP contribution in [0, 0.1) is 0 Å². The summed E-state index contributed by atoms with van der Waals surface area (Å²) >= 11 is 0. The van der Waals surface area contributed by atoms with Crippen molar-refractivity contribution in [1.29, 1.82) is 0 Å². The summed E-state index contributed by atoms with van der Waals surface area (Å²) in [6.07, 6.45) is 1.94. The Morgan fingerprint density at radius 1 is 1.41 bits per heavy atom. The predicted molar refractivity (Wildman–Crippen MR) is 61.4 cm³/mol. The maximum absolute atomic E-state index is 11.8. The van der Waals surface area contributed by atoms with Crippen LogP contribution >= 0.6 is 0 Å². The van der Waals surface area contributed by atoms with Crippen molar-refractivity contribution in [2.24, 2.45) is 0 Å². The van der Waals surface area contributed by atoms with Gasteiger partial charge in [-0.25, -0.2) is 0 Å². The van der Waals surface area contributed by atoms with Crippen molar-refractivity contribution in [3.05, 3.63) is 0 Å². The van der Waals surface area contributed by atoms with Crippen LogP contribution in [0.25, 0.3) is 0 Å². The summed E-state index contributed by atoms with van der Waals surface area (Å²) in [5, 5.41) is 8.52. The average molecular weight is 241 g/mol. The van der Waals surface area contributed by atoms with E-state index in [9.17, 15) is 9.59 Å². The molecule has 1 saturated heterocycles. The smallest absolute Gasteiger partial charge is 0.240 e. The second kappa shape index (κ2) is 5.46. The third kappa shape index (κ3) is 3.67. The maximum Gasteiger partial charge on any atom is 0.240 e. The Balaban J connectivity index is 1.69. The van der Waals surface area contributed by atoms with Gasteiger partial charge >= 0.3 is 0 Å². The number of ether oxygens (including phenoxy) is 1. The maximum atomic E-state index is 11.8. The second-order valence-corrected chi connectivity index (χ2v) is 4.57. The minimum atomic E-state index is -0.363. The van der Waals surface area contributed by atoms with Gasteiger partial charge in [0.25, 0.3) is 0 Å². The van der Waals surface area contributed by atoms with Crippen molar-refractivity contribution in [2.45, 2.75) is 38.0 Å². The molecule has 17 heavy (non-hydrogen) atoms. The number of hydrogen-bond donors (Lipinski definition) is 3. The third-order valence-electron chi connectivity index (χ3n) is 2.96. The first-order chi connectivity index (χ1) is 8.16. The van der Waals surface area contributed by atoms with Crippen LogP contribution in [0.2, 0.25) is 0 Å². The van der Waals surface area contributed by atoms with Crippen LogP contribution < -0.4 is 16.0 Å². The van der Waals surface area contributed by atoms with Crippen molar-refractivity contribution < 1.29 is 14.3 Å². The highest BCUT2D eigenvalue weighted by Gasteiger charge is 2.29. The molecule has 2 amide bonds. The number of carbonyl (C=O) groups excluding carboxylic acids is 2. The van der Waals surface area contributed by atoms with Crippen LogP contribution in [0.1, 0.15) is 19.8 Å². The predicted octanol–water partition coefficient (Wildman–Crippen LogP) is -1.24. The molecule has 6 nitrogen and oxygen atoms in total. The molecule has 2 rings (SSSR count). The minimum Gasteiger partial charge on any atom is -0.375 e. The Kier molecular flexibility index (Phi) is 3.96. The topological polar surface area (TPSA) is 79.5 Å². The van der Waals surface area contributed by atoms with Gasteiger partial charge in [0.05, 0.1) is 19.3 Å². The van der Waals surface area contributed by atoms with Crippen LogP contribution in [-0.4, -0.2) is 49.7 Å². The average Bonchev–Trinajstić information content (AvgIpc) is 3.10. The van der Waals surface area contributed by atoms with Crippen molar-refractivity contribution in [2.75, 3.05) is 19.7 Å². The molecule has 2 atom stereocenters. The minimum absolute atomic E-state index is 0.0419. The lowest BCUT2D eigenvalue weighted by Gasteiger charge is -2.29. The quantitative estimate of drug-likeness (QED) is 0.575. The molecular weight excluding hydrogens is 222 g/mol. The molecule has 1 heterocycles. The molecule has 1 saturated carbocycles. The SMILES string of the molecule is C[C@H]1OCCN[C@@H]1C(=O)NCC(=O)NC1CC1. The van der Waals surface area contributed by atoms with Gasteiger partial charge < -0.3 is 20.7 Å². The lowest BCUT2D eigenvalue weighted by Crippen LogP contribution is -2.56. The first-order valence-electron chi connectivity index (χ1n) is 6.09. The van der Waals surface area contributed by atoms with Crippen LogP contribution in [-0.2, 0) is 14.3 Å². The van der Waals surface area contributed by atoms with E-state index in [4.69, 9.17) is 4.74 Å². The van der Waals surface area contributed by atoms with Gasteiger partial charge in [0.1, 0.15) is 6.04 Å². The monoisotopic (exact) mass is 241 g/mol. The lowest BCUT2D eigenvalue weighted by molar-refractivity contribution is -0.131. The van der Waals surface area contributed by atoms with E-state index in [0.29, 0.717) is 19.2 Å². The number of carbonyl (C=O) groups is 2. The van der Waals surface area contributed by atoms with E-state index < -0.39 is 0 Å². The normalized spacial score (nSPS) is 28.5. The lowest BCUT2D eigenvalue weighted by atomic mass is 10.1. The fraction of sp³-hybridized carbons (Fsp3) is 0.818. The largest absolute Gasteiger partial charge is 0.375 e. The first kappa shape index (κ1) is 12.3. The summed E-state index contributed by atoms with van der Waals surface area (Å²) in [5.74, 6) is -0.298. The second-order valence-electron chi connectivity index (χ2n) is 4.57. The van der Waals surface area contributed by atoms with Crippen molar-refractivity contribution in [3.63, 3.8) is 0 Å². The molecule has 6 heteroatoms. The summed E-state index contributed by atoms with van der Waals surface area (Å²) in [6, 6.07) is -0.0352. The molecule has 0 spiro atoms. The summed E-state index contributed by atoms with van der Waals surface area (Å²) in [5.41, 5.74) is 0. The van der Waals surface area contributed by atoms with E-state index in [2.05, 4.69) is 16.0 Å². The summed E-state index contributed by atoms with van der Waals surface area (Å²) in [6.45, 7) is 3.17.